The molecule has 0 spiro atoms. The Kier molecular flexibility index (Phi) is 4.55. The summed E-state index contributed by atoms with van der Waals surface area (Å²) in [4.78, 5) is 30.6. The fraction of sp³-hybridized carbons (Fsp3) is 0.280. The second-order valence-corrected chi connectivity index (χ2v) is 8.85. The van der Waals surface area contributed by atoms with E-state index in [4.69, 9.17) is 9.72 Å². The minimum Gasteiger partial charge on any atom is -0.493 e. The molecule has 1 aromatic carbocycles. The summed E-state index contributed by atoms with van der Waals surface area (Å²) in [5.74, 6) is 0.850. The highest BCUT2D eigenvalue weighted by Crippen LogP contribution is 2.35. The van der Waals surface area contributed by atoms with Crippen LogP contribution >= 0.6 is 0 Å². The topological polar surface area (TPSA) is 75.9 Å². The van der Waals surface area contributed by atoms with Crippen molar-refractivity contribution in [3.8, 4) is 16.9 Å². The van der Waals surface area contributed by atoms with E-state index < -0.39 is 0 Å². The highest BCUT2D eigenvalue weighted by Gasteiger charge is 2.28. The van der Waals surface area contributed by atoms with Crippen LogP contribution in [0.15, 0.2) is 36.8 Å². The number of amides is 1. The molecule has 0 fully saturated rings. The number of aryl methyl sites for hydroxylation is 1. The number of pyridine rings is 1. The van der Waals surface area contributed by atoms with Gasteiger partial charge >= 0.3 is 0 Å². The van der Waals surface area contributed by atoms with Crippen molar-refractivity contribution in [1.29, 1.82) is 0 Å². The molecule has 2 aliphatic rings. The van der Waals surface area contributed by atoms with Gasteiger partial charge in [0.1, 0.15) is 17.9 Å². The summed E-state index contributed by atoms with van der Waals surface area (Å²) in [5, 5.41) is 0. The molecule has 3 aromatic heterocycles. The third kappa shape index (κ3) is 3.03. The zero-order valence-electron chi connectivity index (χ0n) is 19.2. The van der Waals surface area contributed by atoms with Crippen molar-refractivity contribution in [2.24, 2.45) is 0 Å². The molecule has 0 bridgehead atoms. The van der Waals surface area contributed by atoms with Crippen molar-refractivity contribution in [3.63, 3.8) is 0 Å². The molecule has 34 heavy (non-hydrogen) atoms. The highest BCUT2D eigenvalue weighted by atomic mass is 19.1. The maximum atomic E-state index is 14.8. The van der Waals surface area contributed by atoms with Gasteiger partial charge in [0.15, 0.2) is 5.69 Å². The molecule has 0 N–H and O–H groups in total. The van der Waals surface area contributed by atoms with Crippen LogP contribution in [0.3, 0.4) is 0 Å². The van der Waals surface area contributed by atoms with E-state index in [0.717, 1.165) is 33.8 Å². The molecular weight excluding hydrogens is 435 g/mol. The van der Waals surface area contributed by atoms with Crippen molar-refractivity contribution in [2.75, 3.05) is 25.6 Å². The van der Waals surface area contributed by atoms with Crippen LogP contribution in [0.25, 0.3) is 16.6 Å². The molecule has 0 saturated carbocycles. The third-order valence-corrected chi connectivity index (χ3v) is 6.56. The van der Waals surface area contributed by atoms with Crippen LogP contribution in [0.5, 0.6) is 5.75 Å². The Labute approximate surface area is 195 Å². The predicted molar refractivity (Wildman–Crippen MR) is 124 cm³/mol. The number of imidazole rings is 1. The number of aromatic nitrogens is 4. The number of hydrogen-bond acceptors (Lipinski definition) is 6. The van der Waals surface area contributed by atoms with Crippen molar-refractivity contribution in [1.82, 2.24) is 24.3 Å². The number of halogens is 1. The summed E-state index contributed by atoms with van der Waals surface area (Å²) in [6.45, 7) is 3.18. The molecule has 8 nitrogen and oxygen atoms in total. The SMILES string of the molecule is Cc1ccc2c(n1)CN(C)C(=O)c1ncn3c(N(C)Cc4c(F)ccc5c4CCO5)ncc-2c13. The van der Waals surface area contributed by atoms with Crippen molar-refractivity contribution < 1.29 is 13.9 Å². The molecule has 172 valence electrons. The van der Waals surface area contributed by atoms with E-state index in [-0.39, 0.29) is 11.7 Å². The quantitative estimate of drug-likeness (QED) is 0.469. The van der Waals surface area contributed by atoms with Gasteiger partial charge < -0.3 is 14.5 Å². The van der Waals surface area contributed by atoms with E-state index in [1.807, 2.05) is 35.4 Å². The van der Waals surface area contributed by atoms with Crippen molar-refractivity contribution >= 4 is 17.4 Å². The van der Waals surface area contributed by atoms with Gasteiger partial charge in [0, 0.05) is 61.2 Å². The lowest BCUT2D eigenvalue weighted by Gasteiger charge is -2.24. The minimum absolute atomic E-state index is 0.179. The normalized spacial score (nSPS) is 14.5. The minimum atomic E-state index is -0.267. The van der Waals surface area contributed by atoms with Gasteiger partial charge in [-0.1, -0.05) is 6.07 Å². The van der Waals surface area contributed by atoms with Gasteiger partial charge in [-0.15, -0.1) is 0 Å². The van der Waals surface area contributed by atoms with Crippen LogP contribution in [0.1, 0.15) is 33.0 Å². The third-order valence-electron chi connectivity index (χ3n) is 6.56. The molecule has 5 heterocycles. The number of rotatable bonds is 3. The summed E-state index contributed by atoms with van der Waals surface area (Å²) in [6.07, 6.45) is 4.05. The molecule has 0 atom stereocenters. The zero-order valence-corrected chi connectivity index (χ0v) is 19.2. The number of carbonyl (C=O) groups is 1. The molecule has 2 aliphatic heterocycles. The second kappa shape index (κ2) is 7.51. The number of anilines is 1. The van der Waals surface area contributed by atoms with E-state index in [2.05, 4.69) is 9.97 Å². The molecule has 0 aliphatic carbocycles. The number of carbonyl (C=O) groups excluding carboxylic acids is 1. The Bertz CT molecular complexity index is 1480. The lowest BCUT2D eigenvalue weighted by atomic mass is 10.0. The Morgan fingerprint density at radius 2 is 2.03 bits per heavy atom. The fourth-order valence-corrected chi connectivity index (χ4v) is 4.89. The van der Waals surface area contributed by atoms with Gasteiger partial charge in [-0.3, -0.25) is 14.2 Å². The second-order valence-electron chi connectivity index (χ2n) is 8.85. The lowest BCUT2D eigenvalue weighted by Crippen LogP contribution is -2.29. The first-order valence-corrected chi connectivity index (χ1v) is 11.1. The zero-order chi connectivity index (χ0) is 23.6. The smallest absolute Gasteiger partial charge is 0.274 e. The van der Waals surface area contributed by atoms with Crippen LogP contribution in [-0.4, -0.2) is 50.9 Å². The molecule has 1 amide bonds. The van der Waals surface area contributed by atoms with Crippen molar-refractivity contribution in [2.45, 2.75) is 26.4 Å². The highest BCUT2D eigenvalue weighted by molar-refractivity contribution is 6.04. The van der Waals surface area contributed by atoms with Crippen molar-refractivity contribution in [3.05, 3.63) is 70.8 Å². The molecule has 6 rings (SSSR count). The fourth-order valence-electron chi connectivity index (χ4n) is 4.89. The Hall–Kier alpha value is -4.01. The summed E-state index contributed by atoms with van der Waals surface area (Å²) in [6, 6.07) is 7.10. The molecule has 0 radical (unpaired) electrons. The lowest BCUT2D eigenvalue weighted by molar-refractivity contribution is 0.0780. The van der Waals surface area contributed by atoms with Gasteiger partial charge in [-0.05, 0) is 25.1 Å². The standard InChI is InChI=1S/C25H23FN6O2/c1-14-4-5-15-17-10-27-25(31(3)11-18-16-8-9-34-21(16)7-6-19(18)26)32-13-28-22(23(17)32)24(33)30(2)12-20(15)29-14/h4-7,10,13H,8-9,11-12H2,1-3H3. The maximum absolute atomic E-state index is 14.8. The molecule has 0 unspecified atom stereocenters. The largest absolute Gasteiger partial charge is 0.493 e. The first-order chi connectivity index (χ1) is 16.4. The van der Waals surface area contributed by atoms with E-state index in [1.54, 1.807) is 30.5 Å². The van der Waals surface area contributed by atoms with Gasteiger partial charge in [0.05, 0.1) is 24.4 Å². The van der Waals surface area contributed by atoms with Gasteiger partial charge in [-0.25, -0.2) is 14.4 Å². The summed E-state index contributed by atoms with van der Waals surface area (Å²) >= 11 is 0. The van der Waals surface area contributed by atoms with Crippen LogP contribution in [0, 0.1) is 12.7 Å². The van der Waals surface area contributed by atoms with Gasteiger partial charge in [-0.2, -0.15) is 0 Å². The van der Waals surface area contributed by atoms with Gasteiger partial charge in [0.2, 0.25) is 5.95 Å². The summed E-state index contributed by atoms with van der Waals surface area (Å²) in [5.41, 5.74) is 5.94. The summed E-state index contributed by atoms with van der Waals surface area (Å²) < 4.78 is 22.2. The maximum Gasteiger partial charge on any atom is 0.274 e. The van der Waals surface area contributed by atoms with E-state index in [9.17, 15) is 9.18 Å². The number of hydrogen-bond donors (Lipinski definition) is 0. The molecular formula is C25H23FN6O2. The first-order valence-electron chi connectivity index (χ1n) is 11.1. The molecule has 4 aromatic rings. The Balaban J connectivity index is 1.50. The van der Waals surface area contributed by atoms with E-state index in [1.165, 1.54) is 6.07 Å². The average Bonchev–Trinajstić information content (AvgIpc) is 3.47. The Morgan fingerprint density at radius 1 is 1.18 bits per heavy atom. The van der Waals surface area contributed by atoms with Gasteiger partial charge in [0.25, 0.3) is 5.91 Å². The van der Waals surface area contributed by atoms with Crippen LogP contribution in [0.4, 0.5) is 10.3 Å². The van der Waals surface area contributed by atoms with Crippen LogP contribution in [0.2, 0.25) is 0 Å². The summed E-state index contributed by atoms with van der Waals surface area (Å²) in [7, 11) is 3.61. The molecule has 9 heteroatoms. The average molecular weight is 458 g/mol. The van der Waals surface area contributed by atoms with E-state index in [0.29, 0.717) is 48.8 Å². The van der Waals surface area contributed by atoms with Crippen LogP contribution in [-0.2, 0) is 19.5 Å². The predicted octanol–water partition coefficient (Wildman–Crippen LogP) is 3.40. The number of fused-ring (bicyclic) bond motifs is 3. The first kappa shape index (κ1) is 20.6. The number of nitrogens with zero attached hydrogens (tertiary/aromatic N) is 6. The number of benzene rings is 1. The number of ether oxygens (including phenoxy) is 1. The van der Waals surface area contributed by atoms with Crippen LogP contribution < -0.4 is 9.64 Å². The monoisotopic (exact) mass is 458 g/mol. The molecule has 0 saturated heterocycles. The Morgan fingerprint density at radius 3 is 2.88 bits per heavy atom. The van der Waals surface area contributed by atoms with E-state index >= 15 is 0 Å².